The van der Waals surface area contributed by atoms with Gasteiger partial charge in [-0.2, -0.15) is 0 Å². The minimum Gasteiger partial charge on any atom is -0.311 e. The average Bonchev–Trinajstić information content (AvgIpc) is 3.78. The number of benzene rings is 9. The van der Waals surface area contributed by atoms with Crippen molar-refractivity contribution in [1.82, 2.24) is 0 Å². The van der Waals surface area contributed by atoms with Crippen LogP contribution in [0.1, 0.15) is 27.8 Å². The number of fused-ring (bicyclic) bond motifs is 8. The van der Waals surface area contributed by atoms with E-state index in [0.717, 1.165) is 17.1 Å². The van der Waals surface area contributed by atoms with Crippen LogP contribution in [-0.2, 0) is 5.41 Å². The molecule has 1 nitrogen and oxygen atoms in total. The van der Waals surface area contributed by atoms with E-state index in [4.69, 9.17) is 0 Å². The van der Waals surface area contributed by atoms with E-state index in [0.29, 0.717) is 0 Å². The van der Waals surface area contributed by atoms with Gasteiger partial charge in [0.2, 0.25) is 0 Å². The first-order valence-electron chi connectivity index (χ1n) is 19.4. The maximum Gasteiger partial charge on any atom is 0.0725 e. The fraction of sp³-hybridized carbons (Fsp3) is 0.0182. The first-order valence-corrected chi connectivity index (χ1v) is 19.4. The highest BCUT2D eigenvalue weighted by atomic mass is 15.1. The Balaban J connectivity index is 1.02. The highest BCUT2D eigenvalue weighted by molar-refractivity contribution is 6.05. The zero-order valence-electron chi connectivity index (χ0n) is 30.8. The Bertz CT molecular complexity index is 2890. The molecule has 0 saturated heterocycles. The number of anilines is 3. The van der Waals surface area contributed by atoms with E-state index in [-0.39, 0.29) is 5.41 Å². The normalized spacial score (nSPS) is 13.2. The minimum atomic E-state index is -0.378. The molecule has 0 aliphatic heterocycles. The van der Waals surface area contributed by atoms with E-state index in [1.807, 2.05) is 0 Å². The largest absolute Gasteiger partial charge is 0.311 e. The van der Waals surface area contributed by atoms with Gasteiger partial charge in [0.05, 0.1) is 5.41 Å². The van der Waals surface area contributed by atoms with E-state index in [2.05, 4.69) is 229 Å². The zero-order valence-corrected chi connectivity index (χ0v) is 30.8. The molecule has 0 bridgehead atoms. The first kappa shape index (κ1) is 32.2. The van der Waals surface area contributed by atoms with Crippen LogP contribution in [0.5, 0.6) is 0 Å². The van der Waals surface area contributed by atoms with Gasteiger partial charge in [-0.05, 0) is 126 Å². The predicted octanol–water partition coefficient (Wildman–Crippen LogP) is 14.5. The first-order chi connectivity index (χ1) is 27.8. The standard InChI is InChI=1S/C55H37N/c1-2-12-38(13-3-1)40-24-30-46(31-25-40)56(47-32-26-41(27-33-47)44-23-22-39-14-4-5-15-43(39)36-44)48-34-28-42(29-35-48)54-37-45-16-6-9-19-51(45)55(54)52-20-10-7-17-49(52)50-18-8-11-21-53(50)55/h1-37H. The molecule has 0 heterocycles. The van der Waals surface area contributed by atoms with Gasteiger partial charge in [-0.25, -0.2) is 0 Å². The number of hydrogen-bond donors (Lipinski definition) is 0. The lowest BCUT2D eigenvalue weighted by Crippen LogP contribution is -2.26. The van der Waals surface area contributed by atoms with Gasteiger partial charge >= 0.3 is 0 Å². The summed E-state index contributed by atoms with van der Waals surface area (Å²) in [6, 6.07) is 80.0. The maximum absolute atomic E-state index is 2.43. The smallest absolute Gasteiger partial charge is 0.0725 e. The van der Waals surface area contributed by atoms with Crippen LogP contribution in [0.2, 0.25) is 0 Å². The molecule has 9 aromatic rings. The molecule has 262 valence electrons. The molecule has 0 aromatic heterocycles. The molecule has 9 aromatic carbocycles. The Morgan fingerprint density at radius 1 is 0.304 bits per heavy atom. The minimum absolute atomic E-state index is 0.378. The van der Waals surface area contributed by atoms with Gasteiger partial charge in [0, 0.05) is 17.1 Å². The number of nitrogens with zero attached hydrogens (tertiary/aromatic N) is 1. The van der Waals surface area contributed by atoms with Gasteiger partial charge in [0.15, 0.2) is 0 Å². The summed E-state index contributed by atoms with van der Waals surface area (Å²) >= 11 is 0. The predicted molar refractivity (Wildman–Crippen MR) is 236 cm³/mol. The van der Waals surface area contributed by atoms with Crippen LogP contribution in [0, 0.1) is 0 Å². The summed E-state index contributed by atoms with van der Waals surface area (Å²) in [5.74, 6) is 0. The second kappa shape index (κ2) is 13.0. The average molecular weight is 712 g/mol. The van der Waals surface area contributed by atoms with Crippen molar-refractivity contribution in [3.8, 4) is 33.4 Å². The van der Waals surface area contributed by atoms with Crippen LogP contribution >= 0.6 is 0 Å². The van der Waals surface area contributed by atoms with Crippen molar-refractivity contribution >= 4 is 39.5 Å². The van der Waals surface area contributed by atoms with Crippen LogP contribution in [-0.4, -0.2) is 0 Å². The highest BCUT2D eigenvalue weighted by Gasteiger charge is 2.50. The van der Waals surface area contributed by atoms with Gasteiger partial charge < -0.3 is 4.90 Å². The third-order valence-electron chi connectivity index (χ3n) is 11.9. The Morgan fingerprint density at radius 2 is 0.750 bits per heavy atom. The molecule has 2 aliphatic rings. The van der Waals surface area contributed by atoms with Crippen molar-refractivity contribution in [1.29, 1.82) is 0 Å². The summed E-state index contributed by atoms with van der Waals surface area (Å²) in [4.78, 5) is 2.37. The molecule has 0 unspecified atom stereocenters. The van der Waals surface area contributed by atoms with E-state index >= 15 is 0 Å². The number of allylic oxidation sites excluding steroid dienone is 1. The molecule has 0 fully saturated rings. The van der Waals surface area contributed by atoms with Crippen molar-refractivity contribution in [2.24, 2.45) is 0 Å². The Labute approximate surface area is 328 Å². The summed E-state index contributed by atoms with van der Waals surface area (Å²) in [5.41, 5.74) is 18.3. The lowest BCUT2D eigenvalue weighted by atomic mass is 9.68. The van der Waals surface area contributed by atoms with Crippen LogP contribution in [0.3, 0.4) is 0 Å². The van der Waals surface area contributed by atoms with Gasteiger partial charge in [0.25, 0.3) is 0 Å². The summed E-state index contributed by atoms with van der Waals surface area (Å²) < 4.78 is 0. The molecule has 1 heteroatoms. The van der Waals surface area contributed by atoms with Crippen molar-refractivity contribution in [3.63, 3.8) is 0 Å². The van der Waals surface area contributed by atoms with Gasteiger partial charge in [-0.1, -0.05) is 176 Å². The van der Waals surface area contributed by atoms with E-state index in [1.54, 1.807) is 0 Å². The molecule has 0 amide bonds. The van der Waals surface area contributed by atoms with Crippen molar-refractivity contribution in [3.05, 3.63) is 246 Å². The summed E-state index contributed by atoms with van der Waals surface area (Å²) in [5, 5.41) is 2.51. The molecule has 0 radical (unpaired) electrons. The van der Waals surface area contributed by atoms with Gasteiger partial charge in [0.1, 0.15) is 0 Å². The third-order valence-corrected chi connectivity index (χ3v) is 11.9. The number of hydrogen-bond acceptors (Lipinski definition) is 1. The topological polar surface area (TPSA) is 3.24 Å². The molecule has 2 aliphatic carbocycles. The lowest BCUT2D eigenvalue weighted by molar-refractivity contribution is 0.842. The molecule has 0 saturated carbocycles. The van der Waals surface area contributed by atoms with Crippen molar-refractivity contribution in [2.45, 2.75) is 5.41 Å². The monoisotopic (exact) mass is 711 g/mol. The summed E-state index contributed by atoms with van der Waals surface area (Å²) in [7, 11) is 0. The lowest BCUT2D eigenvalue weighted by Gasteiger charge is -2.33. The number of rotatable bonds is 6. The second-order valence-corrected chi connectivity index (χ2v) is 14.9. The molecule has 0 atom stereocenters. The van der Waals surface area contributed by atoms with Crippen LogP contribution in [0.15, 0.2) is 218 Å². The van der Waals surface area contributed by atoms with Gasteiger partial charge in [-0.3, -0.25) is 0 Å². The highest BCUT2D eigenvalue weighted by Crippen LogP contribution is 2.62. The second-order valence-electron chi connectivity index (χ2n) is 14.9. The van der Waals surface area contributed by atoms with Crippen molar-refractivity contribution < 1.29 is 0 Å². The molecule has 0 N–H and O–H groups in total. The van der Waals surface area contributed by atoms with Crippen molar-refractivity contribution in [2.75, 3.05) is 4.90 Å². The van der Waals surface area contributed by atoms with E-state index in [9.17, 15) is 0 Å². The Kier molecular flexibility index (Phi) is 7.47. The molecular formula is C55H37N. The summed E-state index contributed by atoms with van der Waals surface area (Å²) in [6.07, 6.45) is 2.43. The fourth-order valence-corrected chi connectivity index (χ4v) is 9.33. The molecule has 56 heavy (non-hydrogen) atoms. The van der Waals surface area contributed by atoms with E-state index in [1.165, 1.54) is 77.5 Å². The van der Waals surface area contributed by atoms with Crippen LogP contribution < -0.4 is 4.90 Å². The Morgan fingerprint density at radius 3 is 1.38 bits per heavy atom. The quantitative estimate of drug-likeness (QED) is 0.166. The van der Waals surface area contributed by atoms with E-state index < -0.39 is 0 Å². The van der Waals surface area contributed by atoms with Crippen LogP contribution in [0.4, 0.5) is 17.1 Å². The third kappa shape index (κ3) is 5.02. The SMILES string of the molecule is C1=C(c2ccc(N(c3ccc(-c4ccccc4)cc3)c3ccc(-c4ccc5ccccc5c4)cc3)cc2)C2(c3ccccc31)c1ccccc1-c1ccccc12. The van der Waals surface area contributed by atoms with Crippen LogP contribution in [0.25, 0.3) is 55.8 Å². The maximum atomic E-state index is 2.43. The summed E-state index contributed by atoms with van der Waals surface area (Å²) in [6.45, 7) is 0. The van der Waals surface area contributed by atoms with Gasteiger partial charge in [-0.15, -0.1) is 0 Å². The zero-order chi connectivity index (χ0) is 37.1. The molecular weight excluding hydrogens is 675 g/mol. The molecule has 1 spiro atoms. The Hall–Kier alpha value is -7.22. The molecule has 11 rings (SSSR count). The fourth-order valence-electron chi connectivity index (χ4n) is 9.33.